The van der Waals surface area contributed by atoms with E-state index < -0.39 is 4.92 Å². The van der Waals surface area contributed by atoms with Crippen LogP contribution in [0.25, 0.3) is 0 Å². The van der Waals surface area contributed by atoms with Crippen LogP contribution >= 0.6 is 0 Å². The Hall–Kier alpha value is -2.24. The Morgan fingerprint density at radius 2 is 2.55 bits per heavy atom. The second-order valence-corrected chi connectivity index (χ2v) is 4.59. The van der Waals surface area contributed by atoms with Gasteiger partial charge in [-0.15, -0.1) is 0 Å². The first-order valence-electron chi connectivity index (χ1n) is 6.18. The minimum atomic E-state index is -0.573. The third-order valence-electron chi connectivity index (χ3n) is 3.04. The first kappa shape index (κ1) is 14.2. The van der Waals surface area contributed by atoms with E-state index >= 15 is 0 Å². The highest BCUT2D eigenvalue weighted by Gasteiger charge is 2.18. The van der Waals surface area contributed by atoms with E-state index in [1.165, 1.54) is 6.07 Å². The number of anilines is 1. The molecule has 1 fully saturated rings. The second-order valence-electron chi connectivity index (χ2n) is 4.59. The number of nitrogens with zero attached hydrogens (tertiary/aromatic N) is 4. The third kappa shape index (κ3) is 3.40. The Balaban J connectivity index is 2.02. The van der Waals surface area contributed by atoms with Crippen LogP contribution in [0.5, 0.6) is 0 Å². The largest absolute Gasteiger partial charge is 0.374 e. The molecule has 106 valence electrons. The van der Waals surface area contributed by atoms with Gasteiger partial charge in [-0.25, -0.2) is 4.98 Å². The van der Waals surface area contributed by atoms with Gasteiger partial charge in [0.15, 0.2) is 0 Å². The number of ether oxygens (including phenoxy) is 1. The van der Waals surface area contributed by atoms with Crippen LogP contribution in [-0.2, 0) is 4.74 Å². The summed E-state index contributed by atoms with van der Waals surface area (Å²) in [6, 6.07) is 3.12. The molecule has 1 N–H and O–H groups in total. The fraction of sp³-hybridized carbons (Fsp3) is 0.500. The zero-order chi connectivity index (χ0) is 14.5. The number of likely N-dealkylation sites (N-methyl/N-ethyl adjacent to an activating group) is 1. The van der Waals surface area contributed by atoms with E-state index in [1.807, 2.05) is 13.1 Å². The van der Waals surface area contributed by atoms with Gasteiger partial charge in [0.1, 0.15) is 23.6 Å². The van der Waals surface area contributed by atoms with Crippen molar-refractivity contribution in [3.8, 4) is 6.07 Å². The van der Waals surface area contributed by atoms with E-state index in [2.05, 4.69) is 15.2 Å². The van der Waals surface area contributed by atoms with Gasteiger partial charge < -0.3 is 15.0 Å². The van der Waals surface area contributed by atoms with Gasteiger partial charge in [0, 0.05) is 25.7 Å². The molecule has 1 aliphatic rings. The van der Waals surface area contributed by atoms with Gasteiger partial charge in [-0.1, -0.05) is 0 Å². The highest BCUT2D eigenvalue weighted by atomic mass is 16.6. The number of nitriles is 1. The summed E-state index contributed by atoms with van der Waals surface area (Å²) >= 11 is 0. The maximum Gasteiger partial charge on any atom is 0.289 e. The number of aromatic nitrogens is 1. The lowest BCUT2D eigenvalue weighted by molar-refractivity contribution is -0.385. The fourth-order valence-electron chi connectivity index (χ4n) is 1.98. The van der Waals surface area contributed by atoms with Gasteiger partial charge in [-0.05, 0) is 7.05 Å². The van der Waals surface area contributed by atoms with Gasteiger partial charge in [-0.3, -0.25) is 10.1 Å². The molecule has 0 aliphatic carbocycles. The normalized spacial score (nSPS) is 19.3. The quantitative estimate of drug-likeness (QED) is 0.634. The molecule has 0 aromatic carbocycles. The predicted octanol–water partition coefficient (Wildman–Crippen LogP) is 0.604. The minimum absolute atomic E-state index is 0.0114. The summed E-state index contributed by atoms with van der Waals surface area (Å²) in [5, 5.41) is 22.7. The molecular formula is C12H15N5O3. The molecule has 1 aliphatic heterocycles. The van der Waals surface area contributed by atoms with Crippen molar-refractivity contribution in [1.82, 2.24) is 9.88 Å². The minimum Gasteiger partial charge on any atom is -0.374 e. The molecule has 2 heterocycles. The summed E-state index contributed by atoms with van der Waals surface area (Å²) in [4.78, 5) is 16.1. The first-order valence-corrected chi connectivity index (χ1v) is 6.18. The van der Waals surface area contributed by atoms with Crippen LogP contribution in [0, 0.1) is 21.4 Å². The zero-order valence-corrected chi connectivity index (χ0v) is 11.1. The summed E-state index contributed by atoms with van der Waals surface area (Å²) in [5.41, 5.74) is -0.0379. The topological polar surface area (TPSA) is 104 Å². The number of nitrogens with one attached hydrogen (secondary N) is 1. The lowest BCUT2D eigenvalue weighted by Gasteiger charge is -2.30. The molecule has 2 rings (SSSR count). The summed E-state index contributed by atoms with van der Waals surface area (Å²) in [6.45, 7) is 2.86. The first-order chi connectivity index (χ1) is 9.60. The van der Waals surface area contributed by atoms with Crippen LogP contribution < -0.4 is 5.32 Å². The average Bonchev–Trinajstić information content (AvgIpc) is 2.45. The van der Waals surface area contributed by atoms with Crippen molar-refractivity contribution in [3.05, 3.63) is 27.9 Å². The van der Waals surface area contributed by atoms with Crippen molar-refractivity contribution in [2.75, 3.05) is 38.6 Å². The van der Waals surface area contributed by atoms with Crippen molar-refractivity contribution >= 4 is 11.5 Å². The summed E-state index contributed by atoms with van der Waals surface area (Å²) < 4.78 is 5.58. The van der Waals surface area contributed by atoms with E-state index in [0.29, 0.717) is 19.0 Å². The summed E-state index contributed by atoms with van der Waals surface area (Å²) in [5.74, 6) is 0.343. The molecule has 0 saturated carbocycles. The number of hydrogen-bond donors (Lipinski definition) is 1. The highest BCUT2D eigenvalue weighted by Crippen LogP contribution is 2.18. The maximum atomic E-state index is 10.6. The Kier molecular flexibility index (Phi) is 4.45. The fourth-order valence-corrected chi connectivity index (χ4v) is 1.98. The van der Waals surface area contributed by atoms with Gasteiger partial charge in [0.25, 0.3) is 5.69 Å². The predicted molar refractivity (Wildman–Crippen MR) is 71.3 cm³/mol. The van der Waals surface area contributed by atoms with Gasteiger partial charge in [0.2, 0.25) is 0 Å². The molecule has 8 nitrogen and oxygen atoms in total. The van der Waals surface area contributed by atoms with Crippen LogP contribution in [0.4, 0.5) is 11.5 Å². The number of pyridine rings is 1. The monoisotopic (exact) mass is 277 g/mol. The van der Waals surface area contributed by atoms with Crippen molar-refractivity contribution < 1.29 is 9.66 Å². The smallest absolute Gasteiger partial charge is 0.289 e. The van der Waals surface area contributed by atoms with E-state index in [9.17, 15) is 10.1 Å². The van der Waals surface area contributed by atoms with Crippen molar-refractivity contribution in [1.29, 1.82) is 5.26 Å². The van der Waals surface area contributed by atoms with Crippen LogP contribution in [-0.4, -0.2) is 54.2 Å². The van der Waals surface area contributed by atoms with Crippen LogP contribution in [0.2, 0.25) is 0 Å². The number of nitro groups is 1. The zero-order valence-electron chi connectivity index (χ0n) is 11.1. The Labute approximate surface area is 116 Å². The van der Waals surface area contributed by atoms with E-state index in [4.69, 9.17) is 10.00 Å². The molecule has 0 radical (unpaired) electrons. The Bertz CT molecular complexity index is 542. The van der Waals surface area contributed by atoms with Crippen LogP contribution in [0.1, 0.15) is 5.56 Å². The van der Waals surface area contributed by atoms with Crippen molar-refractivity contribution in [2.24, 2.45) is 0 Å². The molecule has 0 bridgehead atoms. The molecule has 1 atom stereocenters. The standard InChI is InChI=1S/C12H15N5O3/c1-16-2-3-20-11(8-16)7-15-12-9(5-13)4-10(6-14-12)17(18)19/h4,6,11H,2-3,7-8H2,1H3,(H,14,15). The van der Waals surface area contributed by atoms with Crippen molar-refractivity contribution in [2.45, 2.75) is 6.10 Å². The average molecular weight is 277 g/mol. The van der Waals surface area contributed by atoms with Gasteiger partial charge in [-0.2, -0.15) is 5.26 Å². The Morgan fingerprint density at radius 3 is 3.20 bits per heavy atom. The molecule has 1 aromatic heterocycles. The van der Waals surface area contributed by atoms with Gasteiger partial charge >= 0.3 is 0 Å². The lowest BCUT2D eigenvalue weighted by atomic mass is 10.2. The van der Waals surface area contributed by atoms with E-state index in [-0.39, 0.29) is 17.4 Å². The molecule has 1 saturated heterocycles. The molecule has 0 spiro atoms. The third-order valence-corrected chi connectivity index (χ3v) is 3.04. The summed E-state index contributed by atoms with van der Waals surface area (Å²) in [6.07, 6.45) is 1.15. The van der Waals surface area contributed by atoms with Crippen molar-refractivity contribution in [3.63, 3.8) is 0 Å². The molecular weight excluding hydrogens is 262 g/mol. The molecule has 20 heavy (non-hydrogen) atoms. The molecule has 1 aromatic rings. The van der Waals surface area contributed by atoms with Crippen LogP contribution in [0.15, 0.2) is 12.3 Å². The van der Waals surface area contributed by atoms with E-state index in [0.717, 1.165) is 19.3 Å². The lowest BCUT2D eigenvalue weighted by Crippen LogP contribution is -2.43. The number of hydrogen-bond acceptors (Lipinski definition) is 7. The maximum absolute atomic E-state index is 10.6. The molecule has 1 unspecified atom stereocenters. The highest BCUT2D eigenvalue weighted by molar-refractivity contribution is 5.55. The summed E-state index contributed by atoms with van der Waals surface area (Å²) in [7, 11) is 2.01. The number of rotatable bonds is 4. The number of morpholine rings is 1. The molecule has 0 amide bonds. The Morgan fingerprint density at radius 1 is 1.75 bits per heavy atom. The van der Waals surface area contributed by atoms with Gasteiger partial charge in [0.05, 0.1) is 17.6 Å². The SMILES string of the molecule is CN1CCOC(CNc2ncc([N+](=O)[O-])cc2C#N)C1. The molecule has 8 heteroatoms. The van der Waals surface area contributed by atoms with Crippen LogP contribution in [0.3, 0.4) is 0 Å². The van der Waals surface area contributed by atoms with E-state index in [1.54, 1.807) is 0 Å². The second kappa shape index (κ2) is 6.27.